The molecule has 1 aliphatic heterocycles. The zero-order chi connectivity index (χ0) is 12.4. The summed E-state index contributed by atoms with van der Waals surface area (Å²) in [4.78, 5) is 23.4. The summed E-state index contributed by atoms with van der Waals surface area (Å²) in [5.41, 5.74) is 0.856. The number of carbonyl (C=O) groups excluding carboxylic acids is 1. The maximum atomic E-state index is 11.2. The minimum atomic E-state index is 0.126. The quantitative estimate of drug-likeness (QED) is 0.705. The minimum Gasteiger partial charge on any atom is -0.353 e. The molecular formula is C11H15ClN4O. The van der Waals surface area contributed by atoms with Crippen molar-refractivity contribution in [1.82, 2.24) is 14.9 Å². The first-order valence-corrected chi connectivity index (χ1v) is 5.95. The normalized spacial score (nSPS) is 16.2. The Hall–Kier alpha value is -1.36. The number of halogens is 1. The molecule has 0 N–H and O–H groups in total. The molecule has 6 heteroatoms. The standard InChI is InChI=1S/C11H15ClN4O/c1-8-7-10(14-11(12)13-8)16-5-3-15(4-6-16)9(2)17/h7H,3-6H2,1-2H3. The number of nitrogens with zero attached hydrogens (tertiary/aromatic N) is 4. The average molecular weight is 255 g/mol. The molecule has 0 spiro atoms. The van der Waals surface area contributed by atoms with E-state index in [1.165, 1.54) is 0 Å². The Bertz CT molecular complexity index is 409. The van der Waals surface area contributed by atoms with Crippen molar-refractivity contribution in [2.45, 2.75) is 13.8 Å². The van der Waals surface area contributed by atoms with Crippen LogP contribution in [0.1, 0.15) is 12.6 Å². The van der Waals surface area contributed by atoms with Gasteiger partial charge in [-0.15, -0.1) is 0 Å². The summed E-state index contributed by atoms with van der Waals surface area (Å²) in [5.74, 6) is 0.965. The van der Waals surface area contributed by atoms with Crippen molar-refractivity contribution in [2.75, 3.05) is 31.1 Å². The first-order chi connectivity index (χ1) is 8.06. The number of hydrogen-bond donors (Lipinski definition) is 0. The van der Waals surface area contributed by atoms with E-state index in [0.717, 1.165) is 37.7 Å². The van der Waals surface area contributed by atoms with E-state index in [-0.39, 0.29) is 11.2 Å². The topological polar surface area (TPSA) is 49.3 Å². The molecule has 0 aliphatic carbocycles. The van der Waals surface area contributed by atoms with Gasteiger partial charge in [0, 0.05) is 44.9 Å². The van der Waals surface area contributed by atoms with E-state index in [1.807, 2.05) is 17.9 Å². The molecule has 0 radical (unpaired) electrons. The zero-order valence-corrected chi connectivity index (χ0v) is 10.7. The van der Waals surface area contributed by atoms with Gasteiger partial charge in [-0.1, -0.05) is 0 Å². The van der Waals surface area contributed by atoms with E-state index < -0.39 is 0 Å². The van der Waals surface area contributed by atoms with Crippen LogP contribution >= 0.6 is 11.6 Å². The monoisotopic (exact) mass is 254 g/mol. The second-order valence-corrected chi connectivity index (χ2v) is 4.47. The predicted octanol–water partition coefficient (Wildman–Crippen LogP) is 1.11. The fraction of sp³-hybridized carbons (Fsp3) is 0.545. The maximum absolute atomic E-state index is 11.2. The number of aryl methyl sites for hydroxylation is 1. The van der Waals surface area contributed by atoms with E-state index in [4.69, 9.17) is 11.6 Å². The van der Waals surface area contributed by atoms with Gasteiger partial charge in [-0.3, -0.25) is 4.79 Å². The summed E-state index contributed by atoms with van der Waals surface area (Å²) in [6.07, 6.45) is 0. The van der Waals surface area contributed by atoms with Gasteiger partial charge in [-0.25, -0.2) is 9.97 Å². The summed E-state index contributed by atoms with van der Waals surface area (Å²) >= 11 is 5.84. The van der Waals surface area contributed by atoms with E-state index in [0.29, 0.717) is 0 Å². The zero-order valence-electron chi connectivity index (χ0n) is 9.98. The highest BCUT2D eigenvalue weighted by Crippen LogP contribution is 2.16. The molecule has 0 aromatic carbocycles. The highest BCUT2D eigenvalue weighted by Gasteiger charge is 2.19. The highest BCUT2D eigenvalue weighted by atomic mass is 35.5. The Balaban J connectivity index is 2.07. The molecule has 1 amide bonds. The fourth-order valence-corrected chi connectivity index (χ4v) is 2.15. The SMILES string of the molecule is CC(=O)N1CCN(c2cc(C)nc(Cl)n2)CC1. The van der Waals surface area contributed by atoms with Gasteiger partial charge in [0.1, 0.15) is 5.82 Å². The summed E-state index contributed by atoms with van der Waals surface area (Å²) < 4.78 is 0. The number of anilines is 1. The van der Waals surface area contributed by atoms with Gasteiger partial charge >= 0.3 is 0 Å². The van der Waals surface area contributed by atoms with Crippen LogP contribution in [0.25, 0.3) is 0 Å². The second kappa shape index (κ2) is 4.87. The third kappa shape index (κ3) is 2.85. The Labute approximate surface area is 105 Å². The van der Waals surface area contributed by atoms with Crippen molar-refractivity contribution < 1.29 is 4.79 Å². The van der Waals surface area contributed by atoms with Crippen LogP contribution in [0.3, 0.4) is 0 Å². The minimum absolute atomic E-state index is 0.126. The number of rotatable bonds is 1. The van der Waals surface area contributed by atoms with Crippen LogP contribution in [0.4, 0.5) is 5.82 Å². The third-order valence-electron chi connectivity index (χ3n) is 2.86. The van der Waals surface area contributed by atoms with Crippen molar-refractivity contribution in [3.05, 3.63) is 17.0 Å². The molecule has 1 aromatic heterocycles. The van der Waals surface area contributed by atoms with Gasteiger partial charge in [-0.2, -0.15) is 0 Å². The van der Waals surface area contributed by atoms with Gasteiger partial charge in [0.15, 0.2) is 0 Å². The van der Waals surface area contributed by atoms with Crippen molar-refractivity contribution >= 4 is 23.3 Å². The fourth-order valence-electron chi connectivity index (χ4n) is 1.93. The molecule has 1 aromatic rings. The molecule has 2 rings (SSSR count). The lowest BCUT2D eigenvalue weighted by Crippen LogP contribution is -2.48. The molecular weight excluding hydrogens is 240 g/mol. The molecule has 92 valence electrons. The summed E-state index contributed by atoms with van der Waals surface area (Å²) in [7, 11) is 0. The smallest absolute Gasteiger partial charge is 0.224 e. The molecule has 0 bridgehead atoms. The van der Waals surface area contributed by atoms with Crippen molar-refractivity contribution in [2.24, 2.45) is 0 Å². The number of hydrogen-bond acceptors (Lipinski definition) is 4. The van der Waals surface area contributed by atoms with Crippen LogP contribution in [0.15, 0.2) is 6.07 Å². The predicted molar refractivity (Wildman–Crippen MR) is 66.2 cm³/mol. The lowest BCUT2D eigenvalue weighted by molar-refractivity contribution is -0.129. The molecule has 0 unspecified atom stereocenters. The Morgan fingerprint density at radius 2 is 1.94 bits per heavy atom. The van der Waals surface area contributed by atoms with Gasteiger partial charge < -0.3 is 9.80 Å². The Morgan fingerprint density at radius 1 is 1.29 bits per heavy atom. The Morgan fingerprint density at radius 3 is 2.47 bits per heavy atom. The number of aromatic nitrogens is 2. The Kier molecular flexibility index (Phi) is 3.47. The van der Waals surface area contributed by atoms with E-state index >= 15 is 0 Å². The van der Waals surface area contributed by atoms with Gasteiger partial charge in [0.25, 0.3) is 0 Å². The molecule has 1 fully saturated rings. The molecule has 0 atom stereocenters. The second-order valence-electron chi connectivity index (χ2n) is 4.13. The van der Waals surface area contributed by atoms with Crippen molar-refractivity contribution in [3.63, 3.8) is 0 Å². The van der Waals surface area contributed by atoms with Crippen LogP contribution < -0.4 is 4.90 Å². The molecule has 1 saturated heterocycles. The van der Waals surface area contributed by atoms with Crippen molar-refractivity contribution in [1.29, 1.82) is 0 Å². The number of amides is 1. The average Bonchev–Trinajstić information content (AvgIpc) is 2.28. The maximum Gasteiger partial charge on any atom is 0.224 e. The van der Waals surface area contributed by atoms with E-state index in [2.05, 4.69) is 14.9 Å². The third-order valence-corrected chi connectivity index (χ3v) is 3.03. The van der Waals surface area contributed by atoms with Crippen LogP contribution in [-0.4, -0.2) is 47.0 Å². The van der Waals surface area contributed by atoms with Crippen LogP contribution in [0, 0.1) is 6.92 Å². The van der Waals surface area contributed by atoms with E-state index in [1.54, 1.807) is 6.92 Å². The van der Waals surface area contributed by atoms with E-state index in [9.17, 15) is 4.79 Å². The number of carbonyl (C=O) groups is 1. The van der Waals surface area contributed by atoms with Crippen LogP contribution in [0.5, 0.6) is 0 Å². The largest absolute Gasteiger partial charge is 0.353 e. The molecule has 1 aliphatic rings. The lowest BCUT2D eigenvalue weighted by atomic mass is 10.3. The molecule has 17 heavy (non-hydrogen) atoms. The van der Waals surface area contributed by atoms with Crippen LogP contribution in [-0.2, 0) is 4.79 Å². The van der Waals surface area contributed by atoms with Crippen molar-refractivity contribution in [3.8, 4) is 0 Å². The first kappa shape index (κ1) is 12.1. The van der Waals surface area contributed by atoms with Gasteiger partial charge in [0.05, 0.1) is 0 Å². The summed E-state index contributed by atoms with van der Waals surface area (Å²) in [6, 6.07) is 1.91. The molecule has 2 heterocycles. The summed E-state index contributed by atoms with van der Waals surface area (Å²) in [6.45, 7) is 6.52. The first-order valence-electron chi connectivity index (χ1n) is 5.58. The molecule has 5 nitrogen and oxygen atoms in total. The lowest BCUT2D eigenvalue weighted by Gasteiger charge is -2.34. The van der Waals surface area contributed by atoms with Crippen LogP contribution in [0.2, 0.25) is 5.28 Å². The highest BCUT2D eigenvalue weighted by molar-refractivity contribution is 6.28. The summed E-state index contributed by atoms with van der Waals surface area (Å²) in [5, 5.41) is 0.272. The van der Waals surface area contributed by atoms with Gasteiger partial charge in [-0.05, 0) is 18.5 Å². The van der Waals surface area contributed by atoms with Gasteiger partial charge in [0.2, 0.25) is 11.2 Å². The molecule has 0 saturated carbocycles. The number of piperazine rings is 1.